The Labute approximate surface area is 73.8 Å². The smallest absolute Gasteiger partial charge is 0.0302 e. The maximum Gasteiger partial charge on any atom is 0.0302 e. The summed E-state index contributed by atoms with van der Waals surface area (Å²) >= 11 is 0. The molecule has 2 N–H and O–H groups in total. The molecule has 1 heterocycles. The van der Waals surface area contributed by atoms with Gasteiger partial charge in [-0.05, 0) is 36.9 Å². The third kappa shape index (κ3) is 2.62. The van der Waals surface area contributed by atoms with Crippen LogP contribution in [0.5, 0.6) is 0 Å². The lowest BCUT2D eigenvalue weighted by Gasteiger charge is -2.09. The Kier molecular flexibility index (Phi) is 3.74. The van der Waals surface area contributed by atoms with Gasteiger partial charge in [0.2, 0.25) is 0 Å². The zero-order chi connectivity index (χ0) is 8.81. The molecular weight excluding hydrogens is 148 g/mol. The number of nitrogens with zero attached hydrogens (tertiary/aromatic N) is 1. The molecule has 1 atom stereocenters. The van der Waals surface area contributed by atoms with Crippen LogP contribution in [0, 0.1) is 0 Å². The molecule has 1 unspecified atom stereocenters. The van der Waals surface area contributed by atoms with Gasteiger partial charge in [-0.25, -0.2) is 0 Å². The predicted molar refractivity (Wildman–Crippen MR) is 50.9 cm³/mol. The van der Waals surface area contributed by atoms with E-state index in [2.05, 4.69) is 18.0 Å². The van der Waals surface area contributed by atoms with Crippen LogP contribution in [-0.4, -0.2) is 11.5 Å². The minimum absolute atomic E-state index is 0.585. The van der Waals surface area contributed by atoms with Gasteiger partial charge in [0.05, 0.1) is 0 Å². The van der Waals surface area contributed by atoms with Crippen LogP contribution in [0.25, 0.3) is 0 Å². The number of hydrogen-bond donors (Lipinski definition) is 1. The highest BCUT2D eigenvalue weighted by molar-refractivity contribution is 5.13. The quantitative estimate of drug-likeness (QED) is 0.738. The van der Waals surface area contributed by atoms with Gasteiger partial charge in [0.1, 0.15) is 0 Å². The molecule has 0 spiro atoms. The summed E-state index contributed by atoms with van der Waals surface area (Å²) in [6, 6.07) is 4.10. The second kappa shape index (κ2) is 4.88. The lowest BCUT2D eigenvalue weighted by atomic mass is 9.98. The summed E-state index contributed by atoms with van der Waals surface area (Å²) in [6.45, 7) is 3.00. The second-order valence-corrected chi connectivity index (χ2v) is 3.12. The van der Waals surface area contributed by atoms with Crippen molar-refractivity contribution in [2.24, 2.45) is 5.73 Å². The number of rotatable bonds is 4. The highest BCUT2D eigenvalue weighted by Crippen LogP contribution is 2.18. The SMILES string of the molecule is CC(CCCN)c1cccnc1. The Hall–Kier alpha value is -0.890. The van der Waals surface area contributed by atoms with Gasteiger partial charge in [0.25, 0.3) is 0 Å². The van der Waals surface area contributed by atoms with E-state index >= 15 is 0 Å². The van der Waals surface area contributed by atoms with Crippen LogP contribution in [0.3, 0.4) is 0 Å². The Bertz CT molecular complexity index is 208. The fourth-order valence-electron chi connectivity index (χ4n) is 1.26. The van der Waals surface area contributed by atoms with Crippen LogP contribution in [-0.2, 0) is 0 Å². The van der Waals surface area contributed by atoms with Crippen LogP contribution in [0.15, 0.2) is 24.5 Å². The Balaban J connectivity index is 2.48. The van der Waals surface area contributed by atoms with Gasteiger partial charge in [0.15, 0.2) is 0 Å². The summed E-state index contributed by atoms with van der Waals surface area (Å²) in [5.74, 6) is 0.585. The molecule has 0 aromatic carbocycles. The first-order valence-electron chi connectivity index (χ1n) is 4.44. The molecule has 0 aliphatic heterocycles. The minimum Gasteiger partial charge on any atom is -0.330 e. The number of pyridine rings is 1. The molecule has 0 amide bonds. The van der Waals surface area contributed by atoms with E-state index in [9.17, 15) is 0 Å². The zero-order valence-corrected chi connectivity index (χ0v) is 7.53. The van der Waals surface area contributed by atoms with Gasteiger partial charge in [-0.15, -0.1) is 0 Å². The molecule has 0 fully saturated rings. The van der Waals surface area contributed by atoms with Crippen LogP contribution in [0.1, 0.15) is 31.2 Å². The van der Waals surface area contributed by atoms with E-state index in [1.54, 1.807) is 6.20 Å². The van der Waals surface area contributed by atoms with E-state index in [-0.39, 0.29) is 0 Å². The zero-order valence-electron chi connectivity index (χ0n) is 7.53. The first kappa shape index (κ1) is 9.20. The van der Waals surface area contributed by atoms with Crippen LogP contribution in [0.4, 0.5) is 0 Å². The van der Waals surface area contributed by atoms with Gasteiger partial charge in [-0.2, -0.15) is 0 Å². The fraction of sp³-hybridized carbons (Fsp3) is 0.500. The Morgan fingerprint density at radius 1 is 1.58 bits per heavy atom. The summed E-state index contributed by atoms with van der Waals surface area (Å²) in [5, 5.41) is 0. The summed E-state index contributed by atoms with van der Waals surface area (Å²) in [4.78, 5) is 4.08. The molecular formula is C10H16N2. The van der Waals surface area contributed by atoms with E-state index in [4.69, 9.17) is 5.73 Å². The fourth-order valence-corrected chi connectivity index (χ4v) is 1.26. The molecule has 0 bridgehead atoms. The highest BCUT2D eigenvalue weighted by atomic mass is 14.6. The maximum atomic E-state index is 5.44. The van der Waals surface area contributed by atoms with Gasteiger partial charge in [-0.3, -0.25) is 4.98 Å². The molecule has 1 aromatic heterocycles. The first-order chi connectivity index (χ1) is 5.84. The third-order valence-electron chi connectivity index (χ3n) is 2.09. The molecule has 2 nitrogen and oxygen atoms in total. The van der Waals surface area contributed by atoms with Crippen molar-refractivity contribution in [3.63, 3.8) is 0 Å². The van der Waals surface area contributed by atoms with E-state index < -0.39 is 0 Å². The summed E-state index contributed by atoms with van der Waals surface area (Å²) in [6.07, 6.45) is 5.98. The second-order valence-electron chi connectivity index (χ2n) is 3.12. The van der Waals surface area contributed by atoms with Crippen molar-refractivity contribution in [1.82, 2.24) is 4.98 Å². The molecule has 1 rings (SSSR count). The van der Waals surface area contributed by atoms with Crippen LogP contribution in [0.2, 0.25) is 0 Å². The van der Waals surface area contributed by atoms with Crippen molar-refractivity contribution >= 4 is 0 Å². The largest absolute Gasteiger partial charge is 0.330 e. The minimum atomic E-state index is 0.585. The standard InChI is InChI=1S/C10H16N2/c1-9(4-2-6-11)10-5-3-7-12-8-10/h3,5,7-9H,2,4,6,11H2,1H3. The van der Waals surface area contributed by atoms with E-state index in [0.29, 0.717) is 5.92 Å². The molecule has 66 valence electrons. The van der Waals surface area contributed by atoms with E-state index in [1.165, 1.54) is 5.56 Å². The molecule has 0 radical (unpaired) electrons. The molecule has 0 saturated heterocycles. The van der Waals surface area contributed by atoms with Gasteiger partial charge in [0, 0.05) is 12.4 Å². The molecule has 0 aliphatic rings. The molecule has 2 heteroatoms. The highest BCUT2D eigenvalue weighted by Gasteiger charge is 2.03. The van der Waals surface area contributed by atoms with Crippen molar-refractivity contribution < 1.29 is 0 Å². The average Bonchev–Trinajstić information content (AvgIpc) is 2.15. The predicted octanol–water partition coefficient (Wildman–Crippen LogP) is 1.92. The van der Waals surface area contributed by atoms with Crippen molar-refractivity contribution in [1.29, 1.82) is 0 Å². The van der Waals surface area contributed by atoms with E-state index in [0.717, 1.165) is 19.4 Å². The van der Waals surface area contributed by atoms with Crippen molar-refractivity contribution in [2.75, 3.05) is 6.54 Å². The topological polar surface area (TPSA) is 38.9 Å². The Morgan fingerprint density at radius 3 is 3.00 bits per heavy atom. The lowest BCUT2D eigenvalue weighted by Crippen LogP contribution is -2.01. The number of hydrogen-bond acceptors (Lipinski definition) is 2. The van der Waals surface area contributed by atoms with Gasteiger partial charge < -0.3 is 5.73 Å². The Morgan fingerprint density at radius 2 is 2.42 bits per heavy atom. The average molecular weight is 164 g/mol. The monoisotopic (exact) mass is 164 g/mol. The van der Waals surface area contributed by atoms with E-state index in [1.807, 2.05) is 12.3 Å². The number of nitrogens with two attached hydrogens (primary N) is 1. The molecule has 0 aliphatic carbocycles. The van der Waals surface area contributed by atoms with Crippen LogP contribution >= 0.6 is 0 Å². The lowest BCUT2D eigenvalue weighted by molar-refractivity contribution is 0.639. The maximum absolute atomic E-state index is 5.44. The summed E-state index contributed by atoms with van der Waals surface area (Å²) < 4.78 is 0. The molecule has 0 saturated carbocycles. The summed E-state index contributed by atoms with van der Waals surface area (Å²) in [7, 11) is 0. The van der Waals surface area contributed by atoms with Crippen molar-refractivity contribution in [2.45, 2.75) is 25.7 Å². The third-order valence-corrected chi connectivity index (χ3v) is 2.09. The molecule has 1 aromatic rings. The summed E-state index contributed by atoms with van der Waals surface area (Å²) in [5.41, 5.74) is 6.75. The normalized spacial score (nSPS) is 12.8. The van der Waals surface area contributed by atoms with Gasteiger partial charge >= 0.3 is 0 Å². The van der Waals surface area contributed by atoms with Gasteiger partial charge in [-0.1, -0.05) is 13.0 Å². The number of aromatic nitrogens is 1. The first-order valence-corrected chi connectivity index (χ1v) is 4.44. The molecule has 12 heavy (non-hydrogen) atoms. The van der Waals surface area contributed by atoms with Crippen LogP contribution < -0.4 is 5.73 Å². The van der Waals surface area contributed by atoms with Crippen molar-refractivity contribution in [3.8, 4) is 0 Å². The van der Waals surface area contributed by atoms with Crippen molar-refractivity contribution in [3.05, 3.63) is 30.1 Å².